The number of sulfonamides is 1. The van der Waals surface area contributed by atoms with Gasteiger partial charge in [-0.25, -0.2) is 8.42 Å². The summed E-state index contributed by atoms with van der Waals surface area (Å²) in [5.41, 5.74) is 0.189. The highest BCUT2D eigenvalue weighted by molar-refractivity contribution is 7.89. The largest absolute Gasteiger partial charge is 0.352 e. The molecule has 1 rings (SSSR count). The van der Waals surface area contributed by atoms with E-state index >= 15 is 0 Å². The average molecular weight is 375 g/mol. The van der Waals surface area contributed by atoms with Gasteiger partial charge in [-0.1, -0.05) is 39.3 Å². The number of rotatable bonds is 9. The molecular formula is C17H27ClN2O3S. The molecule has 0 unspecified atom stereocenters. The quantitative estimate of drug-likeness (QED) is 0.672. The Bertz CT molecular complexity index is 656. The van der Waals surface area contributed by atoms with Gasteiger partial charge in [0, 0.05) is 19.6 Å². The molecule has 1 N–H and O–H groups in total. The van der Waals surface area contributed by atoms with Gasteiger partial charge in [-0.2, -0.15) is 4.31 Å². The van der Waals surface area contributed by atoms with Crippen molar-refractivity contribution in [1.29, 1.82) is 0 Å². The summed E-state index contributed by atoms with van der Waals surface area (Å²) >= 11 is 6.08. The Hall–Kier alpha value is -1.11. The van der Waals surface area contributed by atoms with E-state index in [9.17, 15) is 13.2 Å². The number of nitrogens with one attached hydrogen (secondary N) is 1. The molecular weight excluding hydrogens is 348 g/mol. The topological polar surface area (TPSA) is 66.5 Å². The van der Waals surface area contributed by atoms with E-state index < -0.39 is 10.0 Å². The first-order chi connectivity index (χ1) is 11.2. The smallest absolute Gasteiger partial charge is 0.252 e. The van der Waals surface area contributed by atoms with E-state index in [2.05, 4.69) is 19.2 Å². The minimum absolute atomic E-state index is 0.0860. The second kappa shape index (κ2) is 9.39. The van der Waals surface area contributed by atoms with E-state index in [0.29, 0.717) is 25.6 Å². The summed E-state index contributed by atoms with van der Waals surface area (Å²) in [6.45, 7) is 9.09. The lowest BCUT2D eigenvalue weighted by atomic mass is 10.1. The van der Waals surface area contributed by atoms with E-state index in [4.69, 9.17) is 11.6 Å². The Morgan fingerprint density at radius 1 is 1.25 bits per heavy atom. The highest BCUT2D eigenvalue weighted by Gasteiger charge is 2.23. The summed E-state index contributed by atoms with van der Waals surface area (Å²) in [6.07, 6.45) is 1.89. The Labute approximate surface area is 150 Å². The van der Waals surface area contributed by atoms with Gasteiger partial charge in [0.1, 0.15) is 0 Å². The van der Waals surface area contributed by atoms with E-state index in [-0.39, 0.29) is 21.4 Å². The van der Waals surface area contributed by atoms with Crippen molar-refractivity contribution in [2.45, 2.75) is 45.4 Å². The second-order valence-electron chi connectivity index (χ2n) is 6.02. The maximum Gasteiger partial charge on any atom is 0.252 e. The molecule has 0 aromatic heterocycles. The first kappa shape index (κ1) is 20.9. The van der Waals surface area contributed by atoms with Crippen molar-refractivity contribution in [3.05, 3.63) is 28.8 Å². The van der Waals surface area contributed by atoms with E-state index in [1.165, 1.54) is 22.5 Å². The summed E-state index contributed by atoms with van der Waals surface area (Å²) in [4.78, 5) is 12.4. The van der Waals surface area contributed by atoms with Gasteiger partial charge in [0.2, 0.25) is 10.0 Å². The Morgan fingerprint density at radius 2 is 1.88 bits per heavy atom. The molecule has 7 heteroatoms. The third-order valence-corrected chi connectivity index (χ3v) is 6.14. The second-order valence-corrected chi connectivity index (χ2v) is 8.37. The van der Waals surface area contributed by atoms with Crippen LogP contribution in [0.1, 0.15) is 50.9 Å². The summed E-state index contributed by atoms with van der Waals surface area (Å²) in [5.74, 6) is 0.230. The number of carbonyl (C=O) groups excluding carboxylic acids is 1. The van der Waals surface area contributed by atoms with Crippen molar-refractivity contribution in [2.75, 3.05) is 19.6 Å². The van der Waals surface area contributed by atoms with Crippen molar-refractivity contribution < 1.29 is 13.2 Å². The van der Waals surface area contributed by atoms with Crippen LogP contribution < -0.4 is 5.32 Å². The van der Waals surface area contributed by atoms with Crippen LogP contribution in [0.4, 0.5) is 0 Å². The summed E-state index contributed by atoms with van der Waals surface area (Å²) in [5, 5.41) is 3.04. The standard InChI is InChI=1S/C17H27ClN2O3S/c1-5-20(6-2)24(22,23)14-9-10-16(18)15(12-14)17(21)19-11-7-8-13(3)4/h9-10,12-13H,5-8,11H2,1-4H3,(H,19,21). The lowest BCUT2D eigenvalue weighted by Gasteiger charge is -2.19. The number of benzene rings is 1. The van der Waals surface area contributed by atoms with E-state index in [0.717, 1.165) is 12.8 Å². The van der Waals surface area contributed by atoms with Gasteiger partial charge in [-0.15, -0.1) is 0 Å². The van der Waals surface area contributed by atoms with Gasteiger partial charge in [-0.3, -0.25) is 4.79 Å². The molecule has 0 bridgehead atoms. The molecule has 0 radical (unpaired) electrons. The molecule has 0 aliphatic heterocycles. The van der Waals surface area contributed by atoms with Gasteiger partial charge >= 0.3 is 0 Å². The molecule has 0 aliphatic carbocycles. The minimum atomic E-state index is -3.62. The van der Waals surface area contributed by atoms with Crippen LogP contribution >= 0.6 is 11.6 Å². The Balaban J connectivity index is 2.96. The highest BCUT2D eigenvalue weighted by Crippen LogP contribution is 2.23. The fraction of sp³-hybridized carbons (Fsp3) is 0.588. The van der Waals surface area contributed by atoms with Gasteiger partial charge in [0.05, 0.1) is 15.5 Å². The zero-order valence-electron chi connectivity index (χ0n) is 14.8. The SMILES string of the molecule is CCN(CC)S(=O)(=O)c1ccc(Cl)c(C(=O)NCCCC(C)C)c1. The summed E-state index contributed by atoms with van der Waals surface area (Å²) < 4.78 is 26.5. The number of carbonyl (C=O) groups is 1. The normalized spacial score (nSPS) is 12.0. The van der Waals surface area contributed by atoms with Crippen LogP contribution in [-0.2, 0) is 10.0 Å². The molecule has 0 spiro atoms. The van der Waals surface area contributed by atoms with Crippen LogP contribution in [0.15, 0.2) is 23.1 Å². The number of nitrogens with zero attached hydrogens (tertiary/aromatic N) is 1. The lowest BCUT2D eigenvalue weighted by molar-refractivity contribution is 0.0952. The number of hydrogen-bond acceptors (Lipinski definition) is 3. The molecule has 1 aromatic carbocycles. The molecule has 0 heterocycles. The molecule has 0 saturated heterocycles. The minimum Gasteiger partial charge on any atom is -0.352 e. The molecule has 0 saturated carbocycles. The van der Waals surface area contributed by atoms with Crippen LogP contribution in [0.25, 0.3) is 0 Å². The van der Waals surface area contributed by atoms with E-state index in [1.54, 1.807) is 13.8 Å². The third kappa shape index (κ3) is 5.46. The Morgan fingerprint density at radius 3 is 2.42 bits per heavy atom. The lowest BCUT2D eigenvalue weighted by Crippen LogP contribution is -2.31. The maximum atomic E-state index is 12.6. The molecule has 0 fully saturated rings. The highest BCUT2D eigenvalue weighted by atomic mass is 35.5. The summed E-state index contributed by atoms with van der Waals surface area (Å²) in [7, 11) is -3.62. The zero-order valence-corrected chi connectivity index (χ0v) is 16.4. The van der Waals surface area contributed by atoms with Crippen molar-refractivity contribution in [3.63, 3.8) is 0 Å². The first-order valence-electron chi connectivity index (χ1n) is 8.31. The van der Waals surface area contributed by atoms with Crippen molar-refractivity contribution in [2.24, 2.45) is 5.92 Å². The average Bonchev–Trinajstić information content (AvgIpc) is 2.52. The number of hydrogen-bond donors (Lipinski definition) is 1. The van der Waals surface area contributed by atoms with E-state index in [1.807, 2.05) is 0 Å². The van der Waals surface area contributed by atoms with Gasteiger partial charge in [-0.05, 0) is 37.0 Å². The molecule has 136 valence electrons. The fourth-order valence-corrected chi connectivity index (χ4v) is 4.05. The van der Waals surface area contributed by atoms with Crippen molar-refractivity contribution in [1.82, 2.24) is 9.62 Å². The van der Waals surface area contributed by atoms with Crippen molar-refractivity contribution >= 4 is 27.5 Å². The van der Waals surface area contributed by atoms with Gasteiger partial charge in [0.25, 0.3) is 5.91 Å². The third-order valence-electron chi connectivity index (χ3n) is 3.77. The molecule has 1 amide bonds. The fourth-order valence-electron chi connectivity index (χ4n) is 2.36. The van der Waals surface area contributed by atoms with Crippen LogP contribution in [0, 0.1) is 5.92 Å². The molecule has 24 heavy (non-hydrogen) atoms. The van der Waals surface area contributed by atoms with Crippen LogP contribution in [0.3, 0.4) is 0 Å². The predicted molar refractivity (Wildman–Crippen MR) is 98.0 cm³/mol. The van der Waals surface area contributed by atoms with Gasteiger partial charge < -0.3 is 5.32 Å². The molecule has 5 nitrogen and oxygen atoms in total. The zero-order chi connectivity index (χ0) is 18.3. The number of amides is 1. The number of halogens is 1. The first-order valence-corrected chi connectivity index (χ1v) is 10.1. The Kier molecular flexibility index (Phi) is 8.19. The monoisotopic (exact) mass is 374 g/mol. The predicted octanol–water partition coefficient (Wildman–Crippen LogP) is 3.54. The summed E-state index contributed by atoms with van der Waals surface area (Å²) in [6, 6.07) is 4.25. The van der Waals surface area contributed by atoms with Crippen LogP contribution in [-0.4, -0.2) is 38.3 Å². The maximum absolute atomic E-state index is 12.6. The van der Waals surface area contributed by atoms with Gasteiger partial charge in [0.15, 0.2) is 0 Å². The van der Waals surface area contributed by atoms with Crippen LogP contribution in [0.5, 0.6) is 0 Å². The van der Waals surface area contributed by atoms with Crippen molar-refractivity contribution in [3.8, 4) is 0 Å². The molecule has 1 aromatic rings. The molecule has 0 aliphatic rings. The van der Waals surface area contributed by atoms with Crippen LogP contribution in [0.2, 0.25) is 5.02 Å². The molecule has 0 atom stereocenters.